The highest BCUT2D eigenvalue weighted by molar-refractivity contribution is 7.99. The van der Waals surface area contributed by atoms with Crippen molar-refractivity contribution in [2.24, 2.45) is 0 Å². The third-order valence-corrected chi connectivity index (χ3v) is 3.45. The summed E-state index contributed by atoms with van der Waals surface area (Å²) in [7, 11) is 1.63. The molecule has 1 N–H and O–H groups in total. The van der Waals surface area contributed by atoms with E-state index < -0.39 is 0 Å². The lowest BCUT2D eigenvalue weighted by atomic mass is 10.2. The van der Waals surface area contributed by atoms with Crippen molar-refractivity contribution in [3.8, 4) is 0 Å². The molecule has 1 aromatic carbocycles. The predicted molar refractivity (Wildman–Crippen MR) is 76.8 cm³/mol. The van der Waals surface area contributed by atoms with Crippen LogP contribution in [-0.2, 0) is 15.3 Å². The van der Waals surface area contributed by atoms with E-state index in [1.54, 1.807) is 18.9 Å². The Balaban J connectivity index is 2.21. The zero-order valence-corrected chi connectivity index (χ0v) is 12.0. The first kappa shape index (κ1) is 15.1. The smallest absolute Gasteiger partial charge is 0.230 e. The molecule has 0 aromatic heterocycles. The number of benzene rings is 1. The van der Waals surface area contributed by atoms with Gasteiger partial charge in [-0.05, 0) is 19.4 Å². The van der Waals surface area contributed by atoms with Crippen molar-refractivity contribution in [1.82, 2.24) is 5.32 Å². The number of hydrogen-bond donors (Lipinski definition) is 1. The van der Waals surface area contributed by atoms with E-state index in [2.05, 4.69) is 36.5 Å². The molecule has 0 saturated carbocycles. The summed E-state index contributed by atoms with van der Waals surface area (Å²) in [5, 5.41) is 2.89. The average Bonchev–Trinajstić information content (AvgIpc) is 2.32. The number of carbonyl (C=O) groups is 1. The van der Waals surface area contributed by atoms with Crippen LogP contribution in [0.2, 0.25) is 0 Å². The number of nitrogens with one attached hydrogen (secondary N) is 1. The van der Waals surface area contributed by atoms with Crippen LogP contribution in [0.5, 0.6) is 0 Å². The van der Waals surface area contributed by atoms with E-state index >= 15 is 0 Å². The molecule has 1 atom stereocenters. The molecule has 0 spiro atoms. The molecular formula is C14H21NO2S. The van der Waals surface area contributed by atoms with Crippen LogP contribution in [0.1, 0.15) is 18.1 Å². The fraction of sp³-hybridized carbons (Fsp3) is 0.500. The molecule has 1 amide bonds. The van der Waals surface area contributed by atoms with Gasteiger partial charge in [0.25, 0.3) is 0 Å². The number of ether oxygens (including phenoxy) is 1. The molecule has 0 aliphatic heterocycles. The third-order valence-electron chi connectivity index (χ3n) is 2.45. The quantitative estimate of drug-likeness (QED) is 0.824. The lowest BCUT2D eigenvalue weighted by Crippen LogP contribution is -2.36. The van der Waals surface area contributed by atoms with Crippen molar-refractivity contribution >= 4 is 17.7 Å². The Bertz CT molecular complexity index is 365. The van der Waals surface area contributed by atoms with Gasteiger partial charge in [0.05, 0.1) is 12.4 Å². The molecule has 18 heavy (non-hydrogen) atoms. The number of thioether (sulfide) groups is 1. The van der Waals surface area contributed by atoms with Crippen LogP contribution in [0, 0.1) is 6.92 Å². The van der Waals surface area contributed by atoms with Crippen LogP contribution in [0.15, 0.2) is 24.3 Å². The zero-order chi connectivity index (χ0) is 13.4. The lowest BCUT2D eigenvalue weighted by Gasteiger charge is -2.12. The van der Waals surface area contributed by atoms with Gasteiger partial charge < -0.3 is 10.1 Å². The number of rotatable bonds is 7. The summed E-state index contributed by atoms with van der Waals surface area (Å²) in [6.45, 7) is 4.56. The van der Waals surface area contributed by atoms with Crippen molar-refractivity contribution in [3.63, 3.8) is 0 Å². The Hall–Kier alpha value is -1.00. The summed E-state index contributed by atoms with van der Waals surface area (Å²) in [6, 6.07) is 8.47. The number of amides is 1. The normalized spacial score (nSPS) is 12.2. The fourth-order valence-corrected chi connectivity index (χ4v) is 2.35. The SMILES string of the molecule is COC[C@H](C)NC(=O)CSCc1ccc(C)cc1. The Labute approximate surface area is 113 Å². The molecular weight excluding hydrogens is 246 g/mol. The predicted octanol–water partition coefficient (Wildman–Crippen LogP) is 2.38. The molecule has 1 aromatic rings. The number of carbonyl (C=O) groups excluding carboxylic acids is 1. The first-order chi connectivity index (χ1) is 8.61. The molecule has 4 heteroatoms. The van der Waals surface area contributed by atoms with E-state index in [1.165, 1.54) is 11.1 Å². The van der Waals surface area contributed by atoms with Crippen LogP contribution in [0.4, 0.5) is 0 Å². The second-order valence-electron chi connectivity index (χ2n) is 4.40. The molecule has 0 aliphatic rings. The van der Waals surface area contributed by atoms with E-state index in [1.807, 2.05) is 6.92 Å². The summed E-state index contributed by atoms with van der Waals surface area (Å²) in [6.07, 6.45) is 0. The van der Waals surface area contributed by atoms with Crippen molar-refractivity contribution in [3.05, 3.63) is 35.4 Å². The van der Waals surface area contributed by atoms with Crippen LogP contribution >= 0.6 is 11.8 Å². The monoisotopic (exact) mass is 267 g/mol. The maximum atomic E-state index is 11.6. The van der Waals surface area contributed by atoms with Gasteiger partial charge in [0.15, 0.2) is 0 Å². The van der Waals surface area contributed by atoms with E-state index in [0.29, 0.717) is 12.4 Å². The van der Waals surface area contributed by atoms with Crippen molar-refractivity contribution in [2.45, 2.75) is 25.6 Å². The van der Waals surface area contributed by atoms with E-state index in [9.17, 15) is 4.79 Å². The van der Waals surface area contributed by atoms with Gasteiger partial charge in [-0.15, -0.1) is 11.8 Å². The van der Waals surface area contributed by atoms with E-state index in [0.717, 1.165) is 5.75 Å². The summed E-state index contributed by atoms with van der Waals surface area (Å²) >= 11 is 1.63. The highest BCUT2D eigenvalue weighted by atomic mass is 32.2. The molecule has 0 bridgehead atoms. The minimum Gasteiger partial charge on any atom is -0.383 e. The molecule has 0 aliphatic carbocycles. The first-order valence-corrected chi connectivity index (χ1v) is 7.19. The number of hydrogen-bond acceptors (Lipinski definition) is 3. The molecule has 1 rings (SSSR count). The van der Waals surface area contributed by atoms with Gasteiger partial charge >= 0.3 is 0 Å². The summed E-state index contributed by atoms with van der Waals surface area (Å²) in [5.41, 5.74) is 2.51. The van der Waals surface area contributed by atoms with Crippen LogP contribution in [-0.4, -0.2) is 31.4 Å². The van der Waals surface area contributed by atoms with Gasteiger partial charge in [0, 0.05) is 18.9 Å². The second kappa shape index (κ2) is 8.16. The molecule has 0 saturated heterocycles. The Morgan fingerprint density at radius 3 is 2.67 bits per heavy atom. The second-order valence-corrected chi connectivity index (χ2v) is 5.39. The Kier molecular flexibility index (Phi) is 6.83. The van der Waals surface area contributed by atoms with E-state index in [4.69, 9.17) is 4.74 Å². The van der Waals surface area contributed by atoms with Crippen LogP contribution in [0.25, 0.3) is 0 Å². The van der Waals surface area contributed by atoms with Gasteiger partial charge in [-0.2, -0.15) is 0 Å². The highest BCUT2D eigenvalue weighted by Gasteiger charge is 2.06. The molecule has 0 radical (unpaired) electrons. The Morgan fingerprint density at radius 2 is 2.06 bits per heavy atom. The van der Waals surface area contributed by atoms with Gasteiger partial charge in [-0.1, -0.05) is 29.8 Å². The lowest BCUT2D eigenvalue weighted by molar-refractivity contribution is -0.119. The van der Waals surface area contributed by atoms with Gasteiger partial charge in [0.2, 0.25) is 5.91 Å². The largest absolute Gasteiger partial charge is 0.383 e. The summed E-state index contributed by atoms with van der Waals surface area (Å²) in [4.78, 5) is 11.6. The van der Waals surface area contributed by atoms with Crippen LogP contribution in [0.3, 0.4) is 0 Å². The molecule has 0 unspecified atom stereocenters. The van der Waals surface area contributed by atoms with Crippen molar-refractivity contribution < 1.29 is 9.53 Å². The Morgan fingerprint density at radius 1 is 1.39 bits per heavy atom. The van der Waals surface area contributed by atoms with Gasteiger partial charge in [0.1, 0.15) is 0 Å². The minimum absolute atomic E-state index is 0.0664. The van der Waals surface area contributed by atoms with Crippen molar-refractivity contribution in [1.29, 1.82) is 0 Å². The maximum Gasteiger partial charge on any atom is 0.230 e. The van der Waals surface area contributed by atoms with Gasteiger partial charge in [-0.25, -0.2) is 0 Å². The topological polar surface area (TPSA) is 38.3 Å². The molecule has 100 valence electrons. The standard InChI is InChI=1S/C14H21NO2S/c1-11-4-6-13(7-5-11)9-18-10-14(16)15-12(2)8-17-3/h4-7,12H,8-10H2,1-3H3,(H,15,16)/t12-/m0/s1. The molecule has 3 nitrogen and oxygen atoms in total. The first-order valence-electron chi connectivity index (χ1n) is 6.03. The van der Waals surface area contributed by atoms with Crippen LogP contribution < -0.4 is 5.32 Å². The average molecular weight is 267 g/mol. The minimum atomic E-state index is 0.0664. The highest BCUT2D eigenvalue weighted by Crippen LogP contribution is 2.12. The molecule has 0 heterocycles. The van der Waals surface area contributed by atoms with Crippen molar-refractivity contribution in [2.75, 3.05) is 19.5 Å². The van der Waals surface area contributed by atoms with Gasteiger partial charge in [-0.3, -0.25) is 4.79 Å². The maximum absolute atomic E-state index is 11.6. The summed E-state index contributed by atoms with van der Waals surface area (Å²) < 4.78 is 4.97. The molecule has 0 fully saturated rings. The fourth-order valence-electron chi connectivity index (χ4n) is 1.55. The summed E-state index contributed by atoms with van der Waals surface area (Å²) in [5.74, 6) is 1.42. The number of methoxy groups -OCH3 is 1. The zero-order valence-electron chi connectivity index (χ0n) is 11.2. The number of aryl methyl sites for hydroxylation is 1. The van der Waals surface area contributed by atoms with E-state index in [-0.39, 0.29) is 11.9 Å². The third kappa shape index (κ3) is 6.07.